The van der Waals surface area contributed by atoms with Gasteiger partial charge in [0.05, 0.1) is 24.6 Å². The lowest BCUT2D eigenvalue weighted by Gasteiger charge is -2.59. The third kappa shape index (κ3) is 4.72. The summed E-state index contributed by atoms with van der Waals surface area (Å²) in [6.07, 6.45) is 1.91. The van der Waals surface area contributed by atoms with Crippen LogP contribution in [0.5, 0.6) is 0 Å². The van der Waals surface area contributed by atoms with E-state index in [9.17, 15) is 28.5 Å². The van der Waals surface area contributed by atoms with E-state index in [-0.39, 0.29) is 40.5 Å². The first-order valence-electron chi connectivity index (χ1n) is 14.1. The van der Waals surface area contributed by atoms with Crippen molar-refractivity contribution in [1.29, 1.82) is 0 Å². The Labute approximate surface area is 226 Å². The van der Waals surface area contributed by atoms with E-state index in [1.54, 1.807) is 13.8 Å². The van der Waals surface area contributed by atoms with Crippen LogP contribution in [0.15, 0.2) is 11.6 Å². The van der Waals surface area contributed by atoms with Gasteiger partial charge in [0.1, 0.15) is 24.1 Å². The summed E-state index contributed by atoms with van der Waals surface area (Å²) in [5.74, 6) is 0.725. The summed E-state index contributed by atoms with van der Waals surface area (Å²) in [5, 5.41) is 31.3. The second-order valence-corrected chi connectivity index (χ2v) is 14.7. The molecule has 0 unspecified atom stereocenters. The van der Waals surface area contributed by atoms with Gasteiger partial charge in [-0.05, 0) is 87.4 Å². The average Bonchev–Trinajstić information content (AvgIpc) is 3.18. The Hall–Kier alpha value is -0.880. The zero-order valence-electron chi connectivity index (χ0n) is 23.1. The molecule has 10 heteroatoms. The van der Waals surface area contributed by atoms with E-state index in [0.717, 1.165) is 31.9 Å². The van der Waals surface area contributed by atoms with Gasteiger partial charge in [0.15, 0.2) is 6.29 Å². The van der Waals surface area contributed by atoms with Crippen molar-refractivity contribution in [1.82, 2.24) is 0 Å². The van der Waals surface area contributed by atoms with Crippen molar-refractivity contribution in [2.75, 3.05) is 6.26 Å². The fraction of sp³-hybridized carbons (Fsp3) is 0.893. The molecule has 0 aromatic rings. The summed E-state index contributed by atoms with van der Waals surface area (Å²) in [7, 11) is -3.63. The molecule has 0 spiro atoms. The predicted octanol–water partition coefficient (Wildman–Crippen LogP) is 2.32. The van der Waals surface area contributed by atoms with Crippen LogP contribution >= 0.6 is 0 Å². The van der Waals surface area contributed by atoms with Crippen LogP contribution in [0, 0.1) is 34.5 Å². The fourth-order valence-corrected chi connectivity index (χ4v) is 9.63. The molecule has 216 valence electrons. The topological polar surface area (TPSA) is 140 Å². The zero-order valence-corrected chi connectivity index (χ0v) is 23.9. The first-order valence-corrected chi connectivity index (χ1v) is 15.9. The summed E-state index contributed by atoms with van der Waals surface area (Å²) in [6, 6.07) is 0. The first-order chi connectivity index (χ1) is 17.7. The van der Waals surface area contributed by atoms with Gasteiger partial charge in [-0.3, -0.25) is 8.98 Å². The number of ketones is 1. The Balaban J connectivity index is 1.49. The maximum absolute atomic E-state index is 12.6. The monoisotopic (exact) mass is 556 g/mol. The average molecular weight is 557 g/mol. The molecule has 9 nitrogen and oxygen atoms in total. The molecule has 0 aromatic heterocycles. The second-order valence-electron chi connectivity index (χ2n) is 13.1. The molecule has 0 bridgehead atoms. The first kappa shape index (κ1) is 28.6. The van der Waals surface area contributed by atoms with Crippen molar-refractivity contribution < 1.29 is 42.2 Å². The molecule has 0 amide bonds. The number of carbonyl (C=O) groups excluding carboxylic acids is 1. The van der Waals surface area contributed by atoms with Gasteiger partial charge in [0.2, 0.25) is 0 Å². The van der Waals surface area contributed by atoms with Crippen LogP contribution in [-0.4, -0.2) is 78.7 Å². The highest BCUT2D eigenvalue weighted by atomic mass is 32.2. The molecule has 38 heavy (non-hydrogen) atoms. The number of Topliss-reactive ketones (excluding diaryl/α,β-unsaturated/α-hetero) is 1. The van der Waals surface area contributed by atoms with Crippen LogP contribution in [0.25, 0.3) is 0 Å². The van der Waals surface area contributed by atoms with Crippen LogP contribution in [0.4, 0.5) is 0 Å². The van der Waals surface area contributed by atoms with Crippen LogP contribution in [0.2, 0.25) is 0 Å². The van der Waals surface area contributed by atoms with Crippen LogP contribution in [-0.2, 0) is 28.6 Å². The van der Waals surface area contributed by atoms with E-state index >= 15 is 0 Å². The Morgan fingerprint density at radius 1 is 1.05 bits per heavy atom. The van der Waals surface area contributed by atoms with Gasteiger partial charge in [-0.25, -0.2) is 0 Å². The number of aliphatic hydroxyl groups is 3. The maximum atomic E-state index is 12.6. The minimum absolute atomic E-state index is 0.0371. The molecule has 1 heterocycles. The number of aliphatic hydroxyl groups excluding tert-OH is 3. The molecule has 5 aliphatic rings. The summed E-state index contributed by atoms with van der Waals surface area (Å²) >= 11 is 0. The van der Waals surface area contributed by atoms with Gasteiger partial charge >= 0.3 is 0 Å². The molecule has 5 rings (SSSR count). The van der Waals surface area contributed by atoms with Gasteiger partial charge in [-0.15, -0.1) is 0 Å². The van der Waals surface area contributed by atoms with E-state index < -0.39 is 46.9 Å². The summed E-state index contributed by atoms with van der Waals surface area (Å²) in [5.41, 5.74) is 1.02. The molecule has 3 N–H and O–H groups in total. The van der Waals surface area contributed by atoms with E-state index in [4.69, 9.17) is 13.7 Å². The van der Waals surface area contributed by atoms with Crippen LogP contribution < -0.4 is 0 Å². The Morgan fingerprint density at radius 2 is 1.76 bits per heavy atom. The van der Waals surface area contributed by atoms with Crippen molar-refractivity contribution in [3.63, 3.8) is 0 Å². The summed E-state index contributed by atoms with van der Waals surface area (Å²) in [4.78, 5) is 12.6. The summed E-state index contributed by atoms with van der Waals surface area (Å²) < 4.78 is 41.7. The van der Waals surface area contributed by atoms with E-state index in [1.165, 1.54) is 5.57 Å². The Morgan fingerprint density at radius 3 is 2.42 bits per heavy atom. The number of hydrogen-bond acceptors (Lipinski definition) is 9. The lowest BCUT2D eigenvalue weighted by atomic mass is 9.48. The standard InChI is InChI=1S/C28H44O9S/c1-14(29)18-6-7-19-17-13-22(36-26-25(32)24(31)23(30)15(2)35-26)21-12-16(37-38(5,33)34)8-10-28(21,4)20(17)9-11-27(18,19)3/h9,15-19,21-26,30-32H,6-8,10-13H2,1-5H3/t15-,16+,17+,18-,19+,21-,22+,23-,24+,25-,26+,27-,28-/m1/s1. The minimum atomic E-state index is -3.63. The largest absolute Gasteiger partial charge is 0.388 e. The molecule has 13 atom stereocenters. The van der Waals surface area contributed by atoms with Gasteiger partial charge < -0.3 is 24.8 Å². The molecule has 1 aliphatic heterocycles. The Bertz CT molecular complexity index is 1070. The fourth-order valence-electron chi connectivity index (χ4n) is 8.96. The highest BCUT2D eigenvalue weighted by Gasteiger charge is 2.61. The molecular weight excluding hydrogens is 512 g/mol. The van der Waals surface area contributed by atoms with Crippen molar-refractivity contribution in [3.05, 3.63) is 11.6 Å². The molecule has 1 saturated heterocycles. The lowest BCUT2D eigenvalue weighted by molar-refractivity contribution is -0.315. The number of allylic oxidation sites excluding steroid dienone is 2. The van der Waals surface area contributed by atoms with Gasteiger partial charge in [-0.1, -0.05) is 25.5 Å². The number of carbonyl (C=O) groups is 1. The van der Waals surface area contributed by atoms with Crippen molar-refractivity contribution in [2.45, 2.75) is 116 Å². The highest BCUT2D eigenvalue weighted by molar-refractivity contribution is 7.86. The molecule has 4 aliphatic carbocycles. The normalized spacial score (nSPS) is 50.9. The van der Waals surface area contributed by atoms with E-state index in [0.29, 0.717) is 25.2 Å². The van der Waals surface area contributed by atoms with Gasteiger partial charge in [0.25, 0.3) is 10.1 Å². The maximum Gasteiger partial charge on any atom is 0.264 e. The molecule has 4 fully saturated rings. The van der Waals surface area contributed by atoms with Crippen molar-refractivity contribution in [3.8, 4) is 0 Å². The van der Waals surface area contributed by atoms with Crippen LogP contribution in [0.1, 0.15) is 72.6 Å². The molecule has 0 radical (unpaired) electrons. The number of fused-ring (bicyclic) bond motifs is 5. The van der Waals surface area contributed by atoms with Crippen molar-refractivity contribution in [2.24, 2.45) is 34.5 Å². The zero-order chi connectivity index (χ0) is 27.8. The number of hydrogen-bond donors (Lipinski definition) is 3. The quantitative estimate of drug-likeness (QED) is 0.344. The Kier molecular flexibility index (Phi) is 7.45. The third-order valence-corrected chi connectivity index (χ3v) is 11.5. The number of ether oxygens (including phenoxy) is 2. The predicted molar refractivity (Wildman–Crippen MR) is 138 cm³/mol. The second kappa shape index (κ2) is 9.89. The molecule has 0 aromatic carbocycles. The molecular formula is C28H44O9S. The van der Waals surface area contributed by atoms with E-state index in [2.05, 4.69) is 19.9 Å². The van der Waals surface area contributed by atoms with Crippen LogP contribution in [0.3, 0.4) is 0 Å². The lowest BCUT2D eigenvalue weighted by Crippen LogP contribution is -2.60. The highest BCUT2D eigenvalue weighted by Crippen LogP contribution is 2.66. The number of rotatable bonds is 5. The smallest absolute Gasteiger partial charge is 0.264 e. The molecule has 3 saturated carbocycles. The van der Waals surface area contributed by atoms with Gasteiger partial charge in [0, 0.05) is 5.92 Å². The van der Waals surface area contributed by atoms with Gasteiger partial charge in [-0.2, -0.15) is 8.42 Å². The third-order valence-electron chi connectivity index (χ3n) is 10.9. The van der Waals surface area contributed by atoms with E-state index in [1.807, 2.05) is 0 Å². The summed E-state index contributed by atoms with van der Waals surface area (Å²) in [6.45, 7) is 7.82. The minimum Gasteiger partial charge on any atom is -0.388 e. The SMILES string of the molecule is CC(=O)[C@H]1CC[C@H]2[C@@H]3C[C@H](O[C@@H]4O[C@H](C)[C@@H](O)[C@H](O)[C@H]4O)[C@H]4C[C@@H](OS(C)(=O)=O)CC[C@]4(C)C3=CC[C@]12C. The van der Waals surface area contributed by atoms with Crippen molar-refractivity contribution >= 4 is 15.9 Å².